The van der Waals surface area contributed by atoms with E-state index in [1.54, 1.807) is 0 Å². The molecule has 0 radical (unpaired) electrons. The van der Waals surface area contributed by atoms with Crippen LogP contribution in [0.15, 0.2) is 0 Å². The topological polar surface area (TPSA) is 253 Å². The minimum Gasteiger partial charge on any atom is -0.480 e. The van der Waals surface area contributed by atoms with Crippen molar-refractivity contribution in [2.24, 2.45) is 70.3 Å². The normalized spacial score (nSPS) is 17.4. The lowest BCUT2D eigenvalue weighted by Gasteiger charge is -2.26. The second kappa shape index (κ2) is 23.3. The van der Waals surface area contributed by atoms with Gasteiger partial charge in [0.25, 0.3) is 0 Å². The van der Waals surface area contributed by atoms with Crippen LogP contribution in [0.25, 0.3) is 0 Å². The molecule has 0 amide bonds. The predicted octanol–water partition coefficient (Wildman–Crippen LogP) is 3.15. The molecule has 0 aromatic carbocycles. The Balaban J connectivity index is -0.000000224. The van der Waals surface area contributed by atoms with Gasteiger partial charge in [-0.05, 0) is 47.3 Å². The fraction of sp³-hybridized carbons (Fsp3) is 0.862. The first-order valence-corrected chi connectivity index (χ1v) is 14.3. The Kier molecular flexibility index (Phi) is 26.0. The number of hydrogen-bond donors (Lipinski definition) is 8. The third-order valence-electron chi connectivity index (χ3n) is 8.08. The van der Waals surface area contributed by atoms with E-state index in [2.05, 4.69) is 13.8 Å². The van der Waals surface area contributed by atoms with E-state index in [9.17, 15) is 19.2 Å². The Hall–Kier alpha value is -2.28. The Morgan fingerprint density at radius 1 is 0.439 bits per heavy atom. The lowest BCUT2D eigenvalue weighted by Crippen LogP contribution is -2.40. The van der Waals surface area contributed by atoms with Gasteiger partial charge >= 0.3 is 23.9 Å². The molecule has 0 heterocycles. The number of aliphatic carboxylic acids is 4. The van der Waals surface area contributed by atoms with Gasteiger partial charge in [-0.3, -0.25) is 19.2 Å². The van der Waals surface area contributed by atoms with Crippen LogP contribution in [0.3, 0.4) is 0 Å². The van der Waals surface area contributed by atoms with E-state index >= 15 is 0 Å². The van der Waals surface area contributed by atoms with Crippen LogP contribution in [-0.4, -0.2) is 68.5 Å². The van der Waals surface area contributed by atoms with E-state index < -0.39 is 48.0 Å². The summed E-state index contributed by atoms with van der Waals surface area (Å²) >= 11 is 0. The van der Waals surface area contributed by atoms with E-state index in [1.807, 2.05) is 69.2 Å². The summed E-state index contributed by atoms with van der Waals surface area (Å²) in [6.45, 7) is 23.4. The monoisotopic (exact) mass is 594 g/mol. The molecule has 9 unspecified atom stereocenters. The number of carboxylic acid groups (broad SMARTS) is 4. The van der Waals surface area contributed by atoms with Crippen molar-refractivity contribution in [3.63, 3.8) is 0 Å². The molecule has 12 N–H and O–H groups in total. The molecule has 41 heavy (non-hydrogen) atoms. The van der Waals surface area contributed by atoms with E-state index in [0.29, 0.717) is 23.7 Å². The molecular weight excluding hydrogens is 532 g/mol. The quantitative estimate of drug-likeness (QED) is 0.153. The molecule has 0 aromatic rings. The highest BCUT2D eigenvalue weighted by Crippen LogP contribution is 2.22. The zero-order valence-corrected chi connectivity index (χ0v) is 27.4. The van der Waals surface area contributed by atoms with Crippen molar-refractivity contribution < 1.29 is 39.6 Å². The molecule has 0 aromatic heterocycles. The molecule has 0 saturated carbocycles. The van der Waals surface area contributed by atoms with Gasteiger partial charge in [-0.25, -0.2) is 0 Å². The number of carbonyl (C=O) groups is 4. The number of rotatable bonds is 13. The summed E-state index contributed by atoms with van der Waals surface area (Å²) in [5.41, 5.74) is 21.5. The van der Waals surface area contributed by atoms with Crippen molar-refractivity contribution in [1.82, 2.24) is 0 Å². The molecule has 12 nitrogen and oxygen atoms in total. The highest BCUT2D eigenvalue weighted by atomic mass is 16.4. The van der Waals surface area contributed by atoms with Gasteiger partial charge in [0, 0.05) is 0 Å². The molecule has 0 fully saturated rings. The summed E-state index contributed by atoms with van der Waals surface area (Å²) < 4.78 is 0. The highest BCUT2D eigenvalue weighted by molar-refractivity contribution is 5.74. The van der Waals surface area contributed by atoms with Gasteiger partial charge < -0.3 is 43.4 Å². The summed E-state index contributed by atoms with van der Waals surface area (Å²) in [4.78, 5) is 41.4. The second-order valence-electron chi connectivity index (χ2n) is 12.0. The molecule has 0 aliphatic carbocycles. The minimum absolute atomic E-state index is 0.0301. The molecule has 0 bridgehead atoms. The van der Waals surface area contributed by atoms with Crippen LogP contribution < -0.4 is 22.9 Å². The molecular formula is C29H62N4O8. The SMILES string of the molecule is CC(C)C(C)C(C)C(N)C(=O)O.CC(C)C(C)C(N)C(=O)O.CC(C)C(C)C(N)C(=O)O.CCC(C)C(N)C(=O)O. The van der Waals surface area contributed by atoms with Crippen LogP contribution in [0.1, 0.15) is 89.5 Å². The lowest BCUT2D eigenvalue weighted by atomic mass is 9.82. The first kappa shape index (κ1) is 45.7. The summed E-state index contributed by atoms with van der Waals surface area (Å²) in [6, 6.07) is -2.88. The van der Waals surface area contributed by atoms with Gasteiger partial charge in [0.1, 0.15) is 24.2 Å². The summed E-state index contributed by atoms with van der Waals surface area (Å²) in [5.74, 6) is -2.00. The van der Waals surface area contributed by atoms with Gasteiger partial charge in [0.2, 0.25) is 0 Å². The highest BCUT2D eigenvalue weighted by Gasteiger charge is 2.26. The van der Waals surface area contributed by atoms with Gasteiger partial charge in [-0.2, -0.15) is 0 Å². The molecule has 0 spiro atoms. The fourth-order valence-corrected chi connectivity index (χ4v) is 2.94. The van der Waals surface area contributed by atoms with Gasteiger partial charge in [0.15, 0.2) is 0 Å². The van der Waals surface area contributed by atoms with Crippen LogP contribution >= 0.6 is 0 Å². The summed E-state index contributed by atoms with van der Waals surface area (Å²) in [6.07, 6.45) is 0.813. The molecule has 12 heteroatoms. The first-order valence-electron chi connectivity index (χ1n) is 14.3. The van der Waals surface area contributed by atoms with Crippen LogP contribution in [0.2, 0.25) is 0 Å². The minimum atomic E-state index is -0.916. The molecule has 9 atom stereocenters. The zero-order chi connectivity index (χ0) is 33.9. The molecule has 246 valence electrons. The maximum atomic E-state index is 10.5. The van der Waals surface area contributed by atoms with Crippen LogP contribution in [-0.2, 0) is 19.2 Å². The fourth-order valence-electron chi connectivity index (χ4n) is 2.94. The maximum Gasteiger partial charge on any atom is 0.320 e. The molecule has 0 saturated heterocycles. The van der Waals surface area contributed by atoms with Gasteiger partial charge in [0.05, 0.1) is 0 Å². The van der Waals surface area contributed by atoms with E-state index in [1.165, 1.54) is 0 Å². The Bertz CT molecular complexity index is 718. The molecule has 0 aliphatic heterocycles. The summed E-state index contributed by atoms with van der Waals surface area (Å²) in [7, 11) is 0. The Morgan fingerprint density at radius 3 is 0.780 bits per heavy atom. The molecule has 0 rings (SSSR count). The second-order valence-corrected chi connectivity index (χ2v) is 12.0. The lowest BCUT2D eigenvalue weighted by molar-refractivity contribution is -0.141. The first-order chi connectivity index (χ1) is 18.4. The van der Waals surface area contributed by atoms with E-state index in [0.717, 1.165) is 6.42 Å². The zero-order valence-electron chi connectivity index (χ0n) is 27.4. The average Bonchev–Trinajstić information content (AvgIpc) is 2.89. The van der Waals surface area contributed by atoms with Crippen molar-refractivity contribution >= 4 is 23.9 Å². The summed E-state index contributed by atoms with van der Waals surface area (Å²) in [5, 5.41) is 34.0. The average molecular weight is 595 g/mol. The predicted molar refractivity (Wildman–Crippen MR) is 163 cm³/mol. The number of hydrogen-bond acceptors (Lipinski definition) is 8. The van der Waals surface area contributed by atoms with Crippen molar-refractivity contribution in [2.75, 3.05) is 0 Å². The third-order valence-corrected chi connectivity index (χ3v) is 8.08. The Morgan fingerprint density at radius 2 is 0.659 bits per heavy atom. The van der Waals surface area contributed by atoms with Crippen molar-refractivity contribution in [3.8, 4) is 0 Å². The largest absolute Gasteiger partial charge is 0.480 e. The Labute approximate surface area is 247 Å². The number of carboxylic acids is 4. The van der Waals surface area contributed by atoms with Gasteiger partial charge in [-0.15, -0.1) is 0 Å². The standard InChI is InChI=1S/C9H19NO2.2C7H15NO2.C6H13NO2/c1-5(2)6(3)7(4)8(10)9(11)12;2*1-4(2)5(3)6(8)7(9)10;1-3-4(2)5(7)6(8)9/h5-8H,10H2,1-4H3,(H,11,12);2*4-6H,8H2,1-3H3,(H,9,10);4-5H,3,7H2,1-2H3,(H,8,9). The third kappa shape index (κ3) is 21.1. The molecule has 0 aliphatic rings. The van der Waals surface area contributed by atoms with E-state index in [-0.39, 0.29) is 23.7 Å². The maximum absolute atomic E-state index is 10.5. The number of nitrogens with two attached hydrogens (primary N) is 4. The van der Waals surface area contributed by atoms with E-state index in [4.69, 9.17) is 43.4 Å². The van der Waals surface area contributed by atoms with Gasteiger partial charge in [-0.1, -0.05) is 89.5 Å². The van der Waals surface area contributed by atoms with Crippen molar-refractivity contribution in [2.45, 2.75) is 114 Å². The van der Waals surface area contributed by atoms with Crippen molar-refractivity contribution in [3.05, 3.63) is 0 Å². The smallest absolute Gasteiger partial charge is 0.320 e. The van der Waals surface area contributed by atoms with Crippen LogP contribution in [0.5, 0.6) is 0 Å². The van der Waals surface area contributed by atoms with Crippen LogP contribution in [0, 0.1) is 47.3 Å². The van der Waals surface area contributed by atoms with Crippen LogP contribution in [0.4, 0.5) is 0 Å². The van der Waals surface area contributed by atoms with Crippen molar-refractivity contribution in [1.29, 1.82) is 0 Å².